The molecule has 0 aromatic carbocycles. The van der Waals surface area contributed by atoms with Gasteiger partial charge in [0.15, 0.2) is 0 Å². The van der Waals surface area contributed by atoms with Crippen molar-refractivity contribution in [2.45, 2.75) is 43.8 Å². The first-order valence-corrected chi connectivity index (χ1v) is 11.2. The molecule has 36 heavy (non-hydrogen) atoms. The number of hydrogen-bond donors (Lipinski definition) is 5. The number of alkyl halides is 3. The largest absolute Gasteiger partial charge is 0.475 e. The van der Waals surface area contributed by atoms with Crippen LogP contribution in [0.1, 0.15) is 13.3 Å². The number of urea groups is 1. The Hall–Kier alpha value is -3.59. The first-order chi connectivity index (χ1) is 17.1. The highest BCUT2D eigenvalue weighted by Crippen LogP contribution is 2.33. The third-order valence-corrected chi connectivity index (χ3v) is 5.95. The van der Waals surface area contributed by atoms with E-state index in [1.54, 1.807) is 6.08 Å². The zero-order valence-electron chi connectivity index (χ0n) is 19.2. The van der Waals surface area contributed by atoms with Crippen molar-refractivity contribution >= 4 is 17.8 Å². The number of aliphatic hydroxyl groups is 2. The summed E-state index contributed by atoms with van der Waals surface area (Å²) < 4.78 is 43.9. The zero-order chi connectivity index (χ0) is 26.0. The van der Waals surface area contributed by atoms with Crippen molar-refractivity contribution in [2.24, 2.45) is 0 Å². The third kappa shape index (κ3) is 5.46. The fourth-order valence-corrected chi connectivity index (χ4v) is 4.03. The number of carbonyl (C=O) groups is 2. The number of nitrogens with zero attached hydrogens (tertiary/aromatic N) is 4. The zero-order valence-corrected chi connectivity index (χ0v) is 19.2. The monoisotopic (exact) mass is 513 g/mol. The van der Waals surface area contributed by atoms with E-state index >= 15 is 0 Å². The molecule has 1 aromatic heterocycles. The number of aliphatic hydroxyl groups excluding tert-OH is 2. The Balaban J connectivity index is 1.48. The summed E-state index contributed by atoms with van der Waals surface area (Å²) in [6.07, 6.45) is -0.805. The molecule has 1 unspecified atom stereocenters. The van der Waals surface area contributed by atoms with Crippen LogP contribution in [0.15, 0.2) is 36.1 Å². The fraction of sp³-hybridized carbons (Fsp3) is 0.524. The number of fused-ring (bicyclic) bond motifs is 3. The summed E-state index contributed by atoms with van der Waals surface area (Å²) in [6.45, 7) is 1.37. The summed E-state index contributed by atoms with van der Waals surface area (Å²) in [5, 5.41) is 25.8. The second-order valence-electron chi connectivity index (χ2n) is 8.56. The van der Waals surface area contributed by atoms with E-state index < -0.39 is 42.9 Å². The molecular weight excluding hydrogens is 487 g/mol. The summed E-state index contributed by atoms with van der Waals surface area (Å²) in [5.41, 5.74) is 0.650. The van der Waals surface area contributed by atoms with Crippen molar-refractivity contribution in [2.75, 3.05) is 31.6 Å². The maximum absolute atomic E-state index is 13.3. The molecule has 2 bridgehead atoms. The Morgan fingerprint density at radius 1 is 1.36 bits per heavy atom. The first kappa shape index (κ1) is 25.5. The van der Waals surface area contributed by atoms with E-state index in [9.17, 15) is 27.9 Å². The van der Waals surface area contributed by atoms with Crippen molar-refractivity contribution in [1.82, 2.24) is 30.4 Å². The predicted molar refractivity (Wildman–Crippen MR) is 118 cm³/mol. The van der Waals surface area contributed by atoms with E-state index in [0.717, 1.165) is 13.3 Å². The van der Waals surface area contributed by atoms with Gasteiger partial charge in [0.1, 0.15) is 42.8 Å². The maximum Gasteiger partial charge on any atom is 0.408 e. The van der Waals surface area contributed by atoms with Gasteiger partial charge in [-0.1, -0.05) is 6.08 Å². The summed E-state index contributed by atoms with van der Waals surface area (Å²) in [6, 6.07) is -2.61. The molecule has 15 heteroatoms. The Bertz CT molecular complexity index is 1070. The molecule has 3 aliphatic heterocycles. The molecule has 5 N–H and O–H groups in total. The minimum absolute atomic E-state index is 0.0626. The van der Waals surface area contributed by atoms with E-state index in [1.165, 1.54) is 17.0 Å². The summed E-state index contributed by atoms with van der Waals surface area (Å²) in [7, 11) is 0. The summed E-state index contributed by atoms with van der Waals surface area (Å²) in [5.74, 6) is -0.405. The van der Waals surface area contributed by atoms with Crippen LogP contribution in [0.5, 0.6) is 5.88 Å². The number of aromatic nitrogens is 2. The molecule has 12 nitrogen and oxygen atoms in total. The van der Waals surface area contributed by atoms with Crippen LogP contribution in [0.4, 0.5) is 23.8 Å². The quantitative estimate of drug-likeness (QED) is 0.336. The molecule has 0 saturated carbocycles. The van der Waals surface area contributed by atoms with Crippen molar-refractivity contribution in [3.63, 3.8) is 0 Å². The first-order valence-electron chi connectivity index (χ1n) is 11.2. The van der Waals surface area contributed by atoms with Gasteiger partial charge in [0.2, 0.25) is 11.8 Å². The molecule has 0 spiro atoms. The van der Waals surface area contributed by atoms with Gasteiger partial charge in [-0.05, 0) is 19.4 Å². The lowest BCUT2D eigenvalue weighted by Gasteiger charge is -2.41. The average Bonchev–Trinajstić information content (AvgIpc) is 3.25. The van der Waals surface area contributed by atoms with E-state index in [4.69, 9.17) is 9.84 Å². The Morgan fingerprint density at radius 2 is 2.14 bits per heavy atom. The number of amides is 3. The number of anilines is 1. The Kier molecular flexibility index (Phi) is 7.21. The second kappa shape index (κ2) is 10.2. The smallest absolute Gasteiger partial charge is 0.408 e. The van der Waals surface area contributed by atoms with E-state index in [2.05, 4.69) is 20.6 Å². The van der Waals surface area contributed by atoms with E-state index in [0.29, 0.717) is 31.0 Å². The number of dihydropyridines is 1. The number of halogens is 3. The SMILES string of the molecule is C[C@@H](NC(=O)C1C=CC2=C(N1)N(C(=O)Nc1cc(OC[C@@H](O)CO)ncn1)[C@H]1CCN2C1)C(F)(F)F. The van der Waals surface area contributed by atoms with Crippen molar-refractivity contribution in [3.05, 3.63) is 36.1 Å². The summed E-state index contributed by atoms with van der Waals surface area (Å²) in [4.78, 5) is 37.1. The van der Waals surface area contributed by atoms with Crippen LogP contribution in [0.2, 0.25) is 0 Å². The minimum atomic E-state index is -4.59. The van der Waals surface area contributed by atoms with Crippen LogP contribution < -0.4 is 20.7 Å². The number of allylic oxidation sites excluding steroid dienone is 1. The maximum atomic E-state index is 13.3. The lowest BCUT2D eigenvalue weighted by Crippen LogP contribution is -2.57. The van der Waals surface area contributed by atoms with Gasteiger partial charge in [-0.3, -0.25) is 15.0 Å². The third-order valence-electron chi connectivity index (χ3n) is 5.95. The van der Waals surface area contributed by atoms with Crippen LogP contribution in [-0.2, 0) is 4.79 Å². The predicted octanol–water partition coefficient (Wildman–Crippen LogP) is -0.106. The van der Waals surface area contributed by atoms with Crippen LogP contribution in [-0.4, -0.2) is 98.6 Å². The Morgan fingerprint density at radius 3 is 2.86 bits per heavy atom. The lowest BCUT2D eigenvalue weighted by molar-refractivity contribution is -0.158. The van der Waals surface area contributed by atoms with Gasteiger partial charge in [-0.15, -0.1) is 0 Å². The molecule has 3 aliphatic rings. The molecule has 4 atom stereocenters. The normalized spacial score (nSPS) is 22.5. The summed E-state index contributed by atoms with van der Waals surface area (Å²) >= 11 is 0. The highest BCUT2D eigenvalue weighted by Gasteiger charge is 2.43. The van der Waals surface area contributed by atoms with Gasteiger partial charge < -0.3 is 30.5 Å². The highest BCUT2D eigenvalue weighted by molar-refractivity contribution is 5.91. The molecule has 1 fully saturated rings. The molecule has 4 heterocycles. The second-order valence-corrected chi connectivity index (χ2v) is 8.56. The van der Waals surface area contributed by atoms with Gasteiger partial charge in [0.05, 0.1) is 18.3 Å². The molecule has 196 valence electrons. The highest BCUT2D eigenvalue weighted by atomic mass is 19.4. The molecule has 0 aliphatic carbocycles. The van der Waals surface area contributed by atoms with Gasteiger partial charge in [0, 0.05) is 19.2 Å². The van der Waals surface area contributed by atoms with E-state index in [1.807, 2.05) is 10.2 Å². The number of carbonyl (C=O) groups excluding carboxylic acids is 2. The molecule has 1 saturated heterocycles. The standard InChI is InChI=1S/C21H26F3N7O5/c1-11(21(22,23)24)27-19(34)14-2-3-15-18(28-14)31(12-4-5-30(15)7-12)20(35)29-16-6-17(26-10-25-16)36-9-13(33)8-32/h2-3,6,10-14,28,32-33H,4-5,7-9H2,1H3,(H,27,34)(H,25,26,29,35)/t11-,12+,13+,14?/m1/s1. The van der Waals surface area contributed by atoms with Crippen molar-refractivity contribution in [3.8, 4) is 5.88 Å². The van der Waals surface area contributed by atoms with Crippen molar-refractivity contribution < 1.29 is 37.7 Å². The molecule has 3 amide bonds. The van der Waals surface area contributed by atoms with Gasteiger partial charge in [-0.25, -0.2) is 14.8 Å². The molecular formula is C21H26F3N7O5. The average molecular weight is 513 g/mol. The van der Waals surface area contributed by atoms with E-state index in [-0.39, 0.29) is 24.3 Å². The molecule has 0 radical (unpaired) electrons. The number of hydrogen-bond acceptors (Lipinski definition) is 9. The topological polar surface area (TPSA) is 152 Å². The van der Waals surface area contributed by atoms with Crippen LogP contribution in [0.3, 0.4) is 0 Å². The van der Waals surface area contributed by atoms with Crippen LogP contribution in [0, 0.1) is 0 Å². The van der Waals surface area contributed by atoms with Crippen LogP contribution >= 0.6 is 0 Å². The lowest BCUT2D eigenvalue weighted by atomic mass is 10.1. The Labute approximate surface area is 203 Å². The number of rotatable bonds is 7. The van der Waals surface area contributed by atoms with Crippen molar-refractivity contribution in [1.29, 1.82) is 0 Å². The van der Waals surface area contributed by atoms with Gasteiger partial charge in [0.25, 0.3) is 0 Å². The fourth-order valence-electron chi connectivity index (χ4n) is 4.03. The van der Waals surface area contributed by atoms with Gasteiger partial charge >= 0.3 is 12.2 Å². The van der Waals surface area contributed by atoms with Crippen LogP contribution in [0.25, 0.3) is 0 Å². The molecule has 4 rings (SSSR count). The molecule has 1 aromatic rings. The number of nitrogens with one attached hydrogen (secondary N) is 3. The number of ether oxygens (including phenoxy) is 1. The van der Waals surface area contributed by atoms with Gasteiger partial charge in [-0.2, -0.15) is 13.2 Å². The minimum Gasteiger partial charge on any atom is -0.475 e.